The predicted molar refractivity (Wildman–Crippen MR) is 91.8 cm³/mol. The molecule has 0 aromatic heterocycles. The van der Waals surface area contributed by atoms with E-state index in [1.165, 1.54) is 21.1 Å². The van der Waals surface area contributed by atoms with Crippen molar-refractivity contribution in [1.82, 2.24) is 5.32 Å². The Hall–Kier alpha value is -0.930. The lowest BCUT2D eigenvalue weighted by atomic mass is 9.95. The lowest BCUT2D eigenvalue weighted by Gasteiger charge is -2.47. The SMILES string of the molecule is CO[C@@H]1OC(CO)[C@@H](O[C@@H]2OC(CO)[C@@H](OC)C(O)[C@@H]2NC(C)=O)C(O)C1N. The van der Waals surface area contributed by atoms with Gasteiger partial charge in [-0.2, -0.15) is 0 Å². The Morgan fingerprint density at radius 2 is 1.57 bits per heavy atom. The number of nitrogens with one attached hydrogen (secondary N) is 1. The molecular formula is C16H30N2O10. The van der Waals surface area contributed by atoms with E-state index in [0.29, 0.717) is 0 Å². The summed E-state index contributed by atoms with van der Waals surface area (Å²) in [5, 5.41) is 42.8. The van der Waals surface area contributed by atoms with Crippen LogP contribution in [0, 0.1) is 0 Å². The van der Waals surface area contributed by atoms with E-state index in [1.54, 1.807) is 0 Å². The second kappa shape index (κ2) is 10.2. The van der Waals surface area contributed by atoms with Crippen LogP contribution in [0.25, 0.3) is 0 Å². The highest BCUT2D eigenvalue weighted by atomic mass is 16.7. The standard InChI is InChI=1S/C16H30N2O10/c1-6(21)18-10-12(23)13(24-2)7(4-19)27-16(10)28-14-8(5-20)26-15(25-3)9(17)11(14)22/h7-16,19-20,22-23H,4-5,17H2,1-3H3,(H,18,21)/t7?,8?,9?,10-,11?,12?,13+,14+,15+,16-/m0/s1. The summed E-state index contributed by atoms with van der Waals surface area (Å²) >= 11 is 0. The lowest BCUT2D eigenvalue weighted by Crippen LogP contribution is -2.68. The Bertz CT molecular complexity index is 510. The molecule has 1 amide bonds. The molecule has 0 aromatic carbocycles. The molecule has 12 heteroatoms. The Balaban J connectivity index is 2.25. The van der Waals surface area contributed by atoms with E-state index in [9.17, 15) is 25.2 Å². The highest BCUT2D eigenvalue weighted by Crippen LogP contribution is 2.29. The fraction of sp³-hybridized carbons (Fsp3) is 0.938. The van der Waals surface area contributed by atoms with Crippen molar-refractivity contribution in [3.8, 4) is 0 Å². The molecule has 0 saturated carbocycles. The van der Waals surface area contributed by atoms with E-state index >= 15 is 0 Å². The van der Waals surface area contributed by atoms with Crippen LogP contribution in [-0.2, 0) is 28.5 Å². The third kappa shape index (κ3) is 4.79. The maximum Gasteiger partial charge on any atom is 0.217 e. The smallest absolute Gasteiger partial charge is 0.217 e. The summed E-state index contributed by atoms with van der Waals surface area (Å²) < 4.78 is 27.2. The number of hydrogen-bond donors (Lipinski definition) is 6. The number of methoxy groups -OCH3 is 2. The topological polar surface area (TPSA) is 182 Å². The Labute approximate surface area is 162 Å². The highest BCUT2D eigenvalue weighted by molar-refractivity contribution is 5.73. The molecule has 10 atom stereocenters. The van der Waals surface area contributed by atoms with Crippen LogP contribution in [0.5, 0.6) is 0 Å². The molecule has 2 saturated heterocycles. The average Bonchev–Trinajstić information content (AvgIpc) is 2.67. The number of nitrogens with two attached hydrogens (primary N) is 1. The van der Waals surface area contributed by atoms with E-state index in [2.05, 4.69) is 5.32 Å². The van der Waals surface area contributed by atoms with Crippen LogP contribution in [0.4, 0.5) is 0 Å². The molecule has 0 bridgehead atoms. The summed E-state index contributed by atoms with van der Waals surface area (Å²) in [5.74, 6) is -0.464. The van der Waals surface area contributed by atoms with Gasteiger partial charge in [-0.3, -0.25) is 4.79 Å². The van der Waals surface area contributed by atoms with Crippen LogP contribution in [0.1, 0.15) is 6.92 Å². The van der Waals surface area contributed by atoms with Crippen LogP contribution < -0.4 is 11.1 Å². The van der Waals surface area contributed by atoms with Crippen LogP contribution in [0.15, 0.2) is 0 Å². The Morgan fingerprint density at radius 1 is 1.00 bits per heavy atom. The zero-order valence-corrected chi connectivity index (χ0v) is 16.0. The minimum absolute atomic E-state index is 0.464. The zero-order valence-electron chi connectivity index (χ0n) is 16.0. The van der Waals surface area contributed by atoms with Gasteiger partial charge in [-0.1, -0.05) is 0 Å². The number of carbonyl (C=O) groups excluding carboxylic acids is 1. The normalized spacial score (nSPS) is 44.3. The molecule has 7 N–H and O–H groups in total. The highest BCUT2D eigenvalue weighted by Gasteiger charge is 2.51. The van der Waals surface area contributed by atoms with E-state index in [0.717, 1.165) is 0 Å². The summed E-state index contributed by atoms with van der Waals surface area (Å²) in [6.45, 7) is 0.247. The molecular weight excluding hydrogens is 380 g/mol. The summed E-state index contributed by atoms with van der Waals surface area (Å²) in [6, 6.07) is -2.06. The van der Waals surface area contributed by atoms with Crippen molar-refractivity contribution < 1.29 is 48.9 Å². The molecule has 164 valence electrons. The Morgan fingerprint density at radius 3 is 2.07 bits per heavy atom. The fourth-order valence-electron chi connectivity index (χ4n) is 3.49. The van der Waals surface area contributed by atoms with Crippen LogP contribution in [-0.4, -0.2) is 115 Å². The van der Waals surface area contributed by atoms with Crippen molar-refractivity contribution in [1.29, 1.82) is 0 Å². The molecule has 2 heterocycles. The minimum Gasteiger partial charge on any atom is -0.394 e. The number of aliphatic hydroxyl groups is 4. The Kier molecular flexibility index (Phi) is 8.51. The van der Waals surface area contributed by atoms with Gasteiger partial charge < -0.3 is 55.2 Å². The van der Waals surface area contributed by atoms with Crippen molar-refractivity contribution >= 4 is 5.91 Å². The second-order valence-electron chi connectivity index (χ2n) is 6.77. The van der Waals surface area contributed by atoms with E-state index in [-0.39, 0.29) is 0 Å². The summed E-state index contributed by atoms with van der Waals surface area (Å²) in [7, 11) is 2.67. The average molecular weight is 410 g/mol. The molecule has 2 rings (SSSR count). The predicted octanol–water partition coefficient (Wildman–Crippen LogP) is -3.98. The van der Waals surface area contributed by atoms with Crippen molar-refractivity contribution in [3.05, 3.63) is 0 Å². The number of carbonyl (C=O) groups is 1. The molecule has 0 spiro atoms. The van der Waals surface area contributed by atoms with Crippen LogP contribution >= 0.6 is 0 Å². The zero-order chi connectivity index (χ0) is 21.0. The van der Waals surface area contributed by atoms with Crippen LogP contribution in [0.3, 0.4) is 0 Å². The first-order valence-corrected chi connectivity index (χ1v) is 8.91. The second-order valence-corrected chi connectivity index (χ2v) is 6.77. The molecule has 28 heavy (non-hydrogen) atoms. The molecule has 0 radical (unpaired) electrons. The molecule has 0 aliphatic carbocycles. The van der Waals surface area contributed by atoms with Crippen molar-refractivity contribution in [2.24, 2.45) is 5.73 Å². The monoisotopic (exact) mass is 410 g/mol. The molecule has 2 aliphatic rings. The van der Waals surface area contributed by atoms with Gasteiger partial charge in [0, 0.05) is 21.1 Å². The van der Waals surface area contributed by atoms with Gasteiger partial charge in [0.15, 0.2) is 12.6 Å². The van der Waals surface area contributed by atoms with Gasteiger partial charge in [0.1, 0.15) is 42.7 Å². The van der Waals surface area contributed by atoms with Crippen molar-refractivity contribution in [2.45, 2.75) is 68.2 Å². The van der Waals surface area contributed by atoms with E-state index in [1.807, 2.05) is 0 Å². The molecule has 2 aliphatic heterocycles. The third-order valence-electron chi connectivity index (χ3n) is 4.92. The van der Waals surface area contributed by atoms with Crippen molar-refractivity contribution in [3.63, 3.8) is 0 Å². The number of ether oxygens (including phenoxy) is 5. The largest absolute Gasteiger partial charge is 0.394 e. The first-order chi connectivity index (χ1) is 13.3. The first-order valence-electron chi connectivity index (χ1n) is 8.91. The lowest BCUT2D eigenvalue weighted by molar-refractivity contribution is -0.329. The number of aliphatic hydroxyl groups excluding tert-OH is 4. The van der Waals surface area contributed by atoms with E-state index < -0.39 is 80.4 Å². The third-order valence-corrected chi connectivity index (χ3v) is 4.92. The van der Waals surface area contributed by atoms with Gasteiger partial charge in [0.25, 0.3) is 0 Å². The van der Waals surface area contributed by atoms with Crippen LogP contribution in [0.2, 0.25) is 0 Å². The first kappa shape index (κ1) is 23.3. The number of rotatable bonds is 7. The van der Waals surface area contributed by atoms with E-state index in [4.69, 9.17) is 29.4 Å². The summed E-state index contributed by atoms with van der Waals surface area (Å²) in [5.41, 5.74) is 5.90. The van der Waals surface area contributed by atoms with Gasteiger partial charge in [-0.15, -0.1) is 0 Å². The molecule has 2 fully saturated rings. The summed E-state index contributed by atoms with van der Waals surface area (Å²) in [6.07, 6.45) is -8.87. The van der Waals surface area contributed by atoms with Gasteiger partial charge in [-0.05, 0) is 0 Å². The fourth-order valence-corrected chi connectivity index (χ4v) is 3.49. The quantitative estimate of drug-likeness (QED) is 0.241. The van der Waals surface area contributed by atoms with Gasteiger partial charge in [0.2, 0.25) is 5.91 Å². The summed E-state index contributed by atoms with van der Waals surface area (Å²) in [4.78, 5) is 11.6. The number of hydrogen-bond acceptors (Lipinski definition) is 11. The number of amides is 1. The minimum atomic E-state index is -1.30. The molecule has 5 unspecified atom stereocenters. The maximum atomic E-state index is 11.6. The molecule has 12 nitrogen and oxygen atoms in total. The maximum absolute atomic E-state index is 11.6. The van der Waals surface area contributed by atoms with Gasteiger partial charge in [0.05, 0.1) is 19.3 Å². The van der Waals surface area contributed by atoms with Gasteiger partial charge in [-0.25, -0.2) is 0 Å². The van der Waals surface area contributed by atoms with Gasteiger partial charge >= 0.3 is 0 Å². The van der Waals surface area contributed by atoms with Crippen molar-refractivity contribution in [2.75, 3.05) is 27.4 Å². The molecule has 0 aromatic rings.